The van der Waals surface area contributed by atoms with Crippen molar-refractivity contribution < 1.29 is 23.9 Å². The van der Waals surface area contributed by atoms with Crippen LogP contribution in [-0.2, 0) is 9.59 Å². The maximum atomic E-state index is 12.3. The Morgan fingerprint density at radius 3 is 2.41 bits per heavy atom. The van der Waals surface area contributed by atoms with Gasteiger partial charge in [-0.2, -0.15) is 0 Å². The van der Waals surface area contributed by atoms with Crippen LogP contribution in [0.3, 0.4) is 0 Å². The molecule has 8 nitrogen and oxygen atoms in total. The van der Waals surface area contributed by atoms with Gasteiger partial charge in [-0.3, -0.25) is 14.4 Å². The highest BCUT2D eigenvalue weighted by Crippen LogP contribution is 2.28. The molecule has 3 amide bonds. The van der Waals surface area contributed by atoms with Gasteiger partial charge in [0.2, 0.25) is 5.91 Å². The summed E-state index contributed by atoms with van der Waals surface area (Å²) >= 11 is 0. The lowest BCUT2D eigenvalue weighted by Crippen LogP contribution is -2.37. The Morgan fingerprint density at radius 1 is 1.07 bits per heavy atom. The van der Waals surface area contributed by atoms with E-state index in [9.17, 15) is 14.4 Å². The summed E-state index contributed by atoms with van der Waals surface area (Å²) in [7, 11) is 1.47. The van der Waals surface area contributed by atoms with Gasteiger partial charge in [-0.25, -0.2) is 0 Å². The molecule has 8 heteroatoms. The van der Waals surface area contributed by atoms with Crippen LogP contribution in [0.25, 0.3) is 0 Å². The summed E-state index contributed by atoms with van der Waals surface area (Å²) in [5.74, 6) is 0.425. The van der Waals surface area contributed by atoms with Crippen LogP contribution in [0.5, 0.6) is 11.5 Å². The van der Waals surface area contributed by atoms with Crippen LogP contribution in [0.4, 0.5) is 0 Å². The predicted molar refractivity (Wildman–Crippen MR) is 109 cm³/mol. The summed E-state index contributed by atoms with van der Waals surface area (Å²) in [6, 6.07) is 4.78. The van der Waals surface area contributed by atoms with Gasteiger partial charge in [-0.1, -0.05) is 12.8 Å². The Kier molecular flexibility index (Phi) is 8.76. The quantitative estimate of drug-likeness (QED) is 0.513. The standard InChI is InChI=1S/C21H31N3O5/c1-14(2)24-19(25)13-29-17-9-8-16(12-18(17)28-3)21(27)23-11-10-22-20(26)15-6-4-5-7-15/h8-9,12,14-15H,4-7,10-11,13H2,1-3H3,(H,22,26)(H,23,27)(H,24,25). The SMILES string of the molecule is COc1cc(C(=O)NCCNC(=O)C2CCCC2)ccc1OCC(=O)NC(C)C. The van der Waals surface area contributed by atoms with E-state index >= 15 is 0 Å². The third-order valence-corrected chi connectivity index (χ3v) is 4.67. The molecular weight excluding hydrogens is 374 g/mol. The highest BCUT2D eigenvalue weighted by atomic mass is 16.5. The normalized spacial score (nSPS) is 13.8. The smallest absolute Gasteiger partial charge is 0.258 e. The molecule has 1 fully saturated rings. The van der Waals surface area contributed by atoms with Crippen molar-refractivity contribution in [2.24, 2.45) is 5.92 Å². The second kappa shape index (κ2) is 11.3. The lowest BCUT2D eigenvalue weighted by molar-refractivity contribution is -0.125. The van der Waals surface area contributed by atoms with Gasteiger partial charge in [-0.05, 0) is 44.9 Å². The first-order chi connectivity index (χ1) is 13.9. The van der Waals surface area contributed by atoms with Crippen LogP contribution in [0.15, 0.2) is 18.2 Å². The number of hydrogen-bond acceptors (Lipinski definition) is 5. The monoisotopic (exact) mass is 405 g/mol. The van der Waals surface area contributed by atoms with Crippen molar-refractivity contribution in [3.05, 3.63) is 23.8 Å². The van der Waals surface area contributed by atoms with Gasteiger partial charge in [0.05, 0.1) is 7.11 Å². The van der Waals surface area contributed by atoms with Crippen LogP contribution in [0.1, 0.15) is 49.9 Å². The zero-order valence-corrected chi connectivity index (χ0v) is 17.4. The second-order valence-electron chi connectivity index (χ2n) is 7.40. The van der Waals surface area contributed by atoms with E-state index in [4.69, 9.17) is 9.47 Å². The van der Waals surface area contributed by atoms with E-state index in [0.717, 1.165) is 25.7 Å². The summed E-state index contributed by atoms with van der Waals surface area (Å²) in [5, 5.41) is 8.38. The first kappa shape index (κ1) is 22.5. The number of methoxy groups -OCH3 is 1. The lowest BCUT2D eigenvalue weighted by Gasteiger charge is -2.14. The second-order valence-corrected chi connectivity index (χ2v) is 7.40. The van der Waals surface area contributed by atoms with Crippen molar-refractivity contribution in [3.63, 3.8) is 0 Å². The van der Waals surface area contributed by atoms with Crippen molar-refractivity contribution in [1.29, 1.82) is 0 Å². The minimum atomic E-state index is -0.275. The van der Waals surface area contributed by atoms with Crippen LogP contribution >= 0.6 is 0 Å². The van der Waals surface area contributed by atoms with Crippen LogP contribution in [0, 0.1) is 5.92 Å². The molecule has 1 aliphatic rings. The summed E-state index contributed by atoms with van der Waals surface area (Å²) < 4.78 is 10.8. The van der Waals surface area contributed by atoms with Crippen LogP contribution in [-0.4, -0.2) is 50.6 Å². The summed E-state index contributed by atoms with van der Waals surface area (Å²) in [6.07, 6.45) is 4.12. The average Bonchev–Trinajstić information content (AvgIpc) is 3.23. The van der Waals surface area contributed by atoms with E-state index < -0.39 is 0 Å². The zero-order chi connectivity index (χ0) is 21.2. The molecule has 0 heterocycles. The molecule has 1 aromatic rings. The van der Waals surface area contributed by atoms with Crippen molar-refractivity contribution in [2.45, 2.75) is 45.6 Å². The maximum absolute atomic E-state index is 12.3. The van der Waals surface area contributed by atoms with Gasteiger partial charge in [0.15, 0.2) is 18.1 Å². The molecule has 29 heavy (non-hydrogen) atoms. The lowest BCUT2D eigenvalue weighted by atomic mass is 10.1. The van der Waals surface area contributed by atoms with Crippen molar-refractivity contribution >= 4 is 17.7 Å². The molecule has 0 saturated heterocycles. The number of ether oxygens (including phenoxy) is 2. The summed E-state index contributed by atoms with van der Waals surface area (Å²) in [6.45, 7) is 4.33. The molecule has 0 spiro atoms. The molecule has 160 valence electrons. The van der Waals surface area contributed by atoms with Gasteiger partial charge >= 0.3 is 0 Å². The molecule has 1 saturated carbocycles. The summed E-state index contributed by atoms with van der Waals surface area (Å²) in [4.78, 5) is 36.0. The zero-order valence-electron chi connectivity index (χ0n) is 17.4. The Morgan fingerprint density at radius 2 is 1.76 bits per heavy atom. The Labute approximate surface area is 171 Å². The van der Waals surface area contributed by atoms with E-state index in [1.54, 1.807) is 18.2 Å². The number of amides is 3. The molecule has 0 aliphatic heterocycles. The fourth-order valence-electron chi connectivity index (χ4n) is 3.23. The third kappa shape index (κ3) is 7.29. The molecule has 0 atom stereocenters. The largest absolute Gasteiger partial charge is 0.493 e. The molecule has 1 aliphatic carbocycles. The maximum Gasteiger partial charge on any atom is 0.258 e. The molecule has 0 bridgehead atoms. The molecule has 0 unspecified atom stereocenters. The van der Waals surface area contributed by atoms with Gasteiger partial charge in [0.25, 0.3) is 11.8 Å². The highest BCUT2D eigenvalue weighted by Gasteiger charge is 2.22. The fourth-order valence-corrected chi connectivity index (χ4v) is 3.23. The van der Waals surface area contributed by atoms with Crippen molar-refractivity contribution in [3.8, 4) is 11.5 Å². The van der Waals surface area contributed by atoms with Crippen LogP contribution in [0.2, 0.25) is 0 Å². The molecule has 0 radical (unpaired) electrons. The highest BCUT2D eigenvalue weighted by molar-refractivity contribution is 5.95. The van der Waals surface area contributed by atoms with E-state index in [1.165, 1.54) is 7.11 Å². The number of hydrogen-bond donors (Lipinski definition) is 3. The van der Waals surface area contributed by atoms with Crippen molar-refractivity contribution in [1.82, 2.24) is 16.0 Å². The third-order valence-electron chi connectivity index (χ3n) is 4.67. The predicted octanol–water partition coefficient (Wildman–Crippen LogP) is 1.63. The number of rotatable bonds is 10. The first-order valence-electron chi connectivity index (χ1n) is 10.1. The number of carbonyl (C=O) groups is 3. The average molecular weight is 405 g/mol. The number of carbonyl (C=O) groups excluding carboxylic acids is 3. The Balaban J connectivity index is 1.80. The summed E-state index contributed by atoms with van der Waals surface area (Å²) in [5.41, 5.74) is 0.406. The Bertz CT molecular complexity index is 714. The van der Waals surface area contributed by atoms with E-state index in [2.05, 4.69) is 16.0 Å². The molecule has 3 N–H and O–H groups in total. The first-order valence-corrected chi connectivity index (χ1v) is 10.1. The number of benzene rings is 1. The minimum Gasteiger partial charge on any atom is -0.493 e. The molecule has 2 rings (SSSR count). The minimum absolute atomic E-state index is 0.0296. The Hall–Kier alpha value is -2.77. The molecule has 0 aromatic heterocycles. The van der Waals surface area contributed by atoms with Gasteiger partial charge in [-0.15, -0.1) is 0 Å². The number of nitrogens with one attached hydrogen (secondary N) is 3. The van der Waals surface area contributed by atoms with Gasteiger partial charge in [0, 0.05) is 30.6 Å². The van der Waals surface area contributed by atoms with E-state index in [1.807, 2.05) is 13.8 Å². The van der Waals surface area contributed by atoms with Crippen LogP contribution < -0.4 is 25.4 Å². The van der Waals surface area contributed by atoms with Crippen molar-refractivity contribution in [2.75, 3.05) is 26.8 Å². The molecular formula is C21H31N3O5. The molecule has 1 aromatic carbocycles. The topological polar surface area (TPSA) is 106 Å². The van der Waals surface area contributed by atoms with Gasteiger partial charge in [0.1, 0.15) is 0 Å². The fraction of sp³-hybridized carbons (Fsp3) is 0.571. The van der Waals surface area contributed by atoms with E-state index in [0.29, 0.717) is 30.2 Å². The van der Waals surface area contributed by atoms with Gasteiger partial charge < -0.3 is 25.4 Å². The van der Waals surface area contributed by atoms with E-state index in [-0.39, 0.29) is 36.3 Å².